The Bertz CT molecular complexity index is 856. The first-order chi connectivity index (χ1) is 13.8. The first-order valence-corrected chi connectivity index (χ1v) is 9.15. The van der Waals surface area contributed by atoms with E-state index in [-0.39, 0.29) is 12.2 Å². The van der Waals surface area contributed by atoms with Crippen molar-refractivity contribution in [2.45, 2.75) is 27.4 Å². The highest BCUT2D eigenvalue weighted by atomic mass is 16.5. The summed E-state index contributed by atoms with van der Waals surface area (Å²) in [6, 6.07) is 7.15. The van der Waals surface area contributed by atoms with E-state index in [4.69, 9.17) is 18.9 Å². The minimum Gasteiger partial charge on any atom is -0.493 e. The van der Waals surface area contributed by atoms with E-state index in [1.165, 1.54) is 14.2 Å². The van der Waals surface area contributed by atoms with Gasteiger partial charge in [0.15, 0.2) is 0 Å². The predicted molar refractivity (Wildman–Crippen MR) is 104 cm³/mol. The van der Waals surface area contributed by atoms with E-state index in [0.717, 1.165) is 0 Å². The third-order valence-electron chi connectivity index (χ3n) is 4.59. The number of hydrogen-bond acceptors (Lipinski definition) is 8. The van der Waals surface area contributed by atoms with Gasteiger partial charge in [0, 0.05) is 17.0 Å². The van der Waals surface area contributed by atoms with Crippen LogP contribution >= 0.6 is 0 Å². The van der Waals surface area contributed by atoms with Gasteiger partial charge in [0.2, 0.25) is 0 Å². The van der Waals surface area contributed by atoms with Crippen LogP contribution in [0.4, 0.5) is 0 Å². The van der Waals surface area contributed by atoms with Gasteiger partial charge >= 0.3 is 17.9 Å². The number of esters is 3. The fourth-order valence-corrected chi connectivity index (χ4v) is 3.26. The van der Waals surface area contributed by atoms with Crippen molar-refractivity contribution in [1.82, 2.24) is 0 Å². The average Bonchev–Trinajstić information content (AvgIpc) is 2.71. The third kappa shape index (κ3) is 4.82. The van der Waals surface area contributed by atoms with E-state index >= 15 is 0 Å². The average molecular weight is 403 g/mol. The molecule has 1 unspecified atom stereocenters. The maximum atomic E-state index is 13.0. The van der Waals surface area contributed by atoms with Gasteiger partial charge in [-0.05, 0) is 26.8 Å². The largest absolute Gasteiger partial charge is 0.493 e. The third-order valence-corrected chi connectivity index (χ3v) is 4.59. The Labute approximate surface area is 169 Å². The van der Waals surface area contributed by atoms with E-state index in [2.05, 4.69) is 4.99 Å². The van der Waals surface area contributed by atoms with Crippen LogP contribution < -0.4 is 4.74 Å². The van der Waals surface area contributed by atoms with Crippen molar-refractivity contribution in [1.29, 1.82) is 0 Å². The molecule has 0 fully saturated rings. The number of ether oxygens (including phenoxy) is 4. The molecular weight excluding hydrogens is 378 g/mol. The SMILES string of the molecule is CCOc1ccccc1COC(=O)[C@H]1C(C(=O)OC)=C(C)N=C(C)C1C(=O)OC. The molecule has 2 atom stereocenters. The number of nitrogens with zero attached hydrogens (tertiary/aromatic N) is 1. The number of rotatable bonds is 7. The molecule has 1 aliphatic heterocycles. The molecule has 8 nitrogen and oxygen atoms in total. The molecule has 8 heteroatoms. The number of allylic oxidation sites excluding steroid dienone is 1. The lowest BCUT2D eigenvalue weighted by molar-refractivity contribution is -0.157. The molecule has 0 saturated carbocycles. The molecule has 0 aromatic heterocycles. The Morgan fingerprint density at radius 2 is 1.69 bits per heavy atom. The van der Waals surface area contributed by atoms with Gasteiger partial charge in [0.1, 0.15) is 24.2 Å². The number of aliphatic imine (C=N–C) groups is 1. The molecule has 0 saturated heterocycles. The monoisotopic (exact) mass is 403 g/mol. The van der Waals surface area contributed by atoms with Crippen molar-refractivity contribution in [2.24, 2.45) is 16.8 Å². The van der Waals surface area contributed by atoms with E-state index in [9.17, 15) is 14.4 Å². The van der Waals surface area contributed by atoms with Crippen LogP contribution in [0.2, 0.25) is 0 Å². The summed E-state index contributed by atoms with van der Waals surface area (Å²) >= 11 is 0. The number of benzene rings is 1. The Hall–Kier alpha value is -3.16. The fraction of sp³-hybridized carbons (Fsp3) is 0.429. The highest BCUT2D eigenvalue weighted by Gasteiger charge is 2.46. The molecule has 156 valence electrons. The summed E-state index contributed by atoms with van der Waals surface area (Å²) in [7, 11) is 2.40. The zero-order valence-electron chi connectivity index (χ0n) is 17.2. The Kier molecular flexibility index (Phi) is 7.52. The highest BCUT2D eigenvalue weighted by molar-refractivity contribution is 6.10. The summed E-state index contributed by atoms with van der Waals surface area (Å²) in [5, 5.41) is 0. The highest BCUT2D eigenvalue weighted by Crippen LogP contribution is 2.34. The van der Waals surface area contributed by atoms with Gasteiger partial charge in [-0.15, -0.1) is 0 Å². The van der Waals surface area contributed by atoms with E-state index in [1.54, 1.807) is 32.0 Å². The molecular formula is C21H25NO7. The minimum atomic E-state index is -1.22. The summed E-state index contributed by atoms with van der Waals surface area (Å²) in [5.74, 6) is -3.88. The van der Waals surface area contributed by atoms with Crippen LogP contribution in [0.15, 0.2) is 40.5 Å². The van der Waals surface area contributed by atoms with Crippen LogP contribution in [0.5, 0.6) is 5.75 Å². The smallest absolute Gasteiger partial charge is 0.336 e. The molecule has 2 rings (SSSR count). The Balaban J connectivity index is 2.36. The lowest BCUT2D eigenvalue weighted by atomic mass is 9.80. The van der Waals surface area contributed by atoms with Gasteiger partial charge in [-0.25, -0.2) is 4.79 Å². The number of hydrogen-bond donors (Lipinski definition) is 0. The standard InChI is InChI=1S/C21H25NO7/c1-6-28-15-10-8-7-9-14(15)11-29-21(25)18-16(19(23)26-4)12(2)22-13(3)17(18)20(24)27-5/h7-10,16,18H,6,11H2,1-5H3/t16?,18-/m1/s1. The summed E-state index contributed by atoms with van der Waals surface area (Å²) in [6.45, 7) is 5.41. The lowest BCUT2D eigenvalue weighted by Crippen LogP contribution is -2.42. The van der Waals surface area contributed by atoms with Crippen LogP contribution in [-0.2, 0) is 35.2 Å². The number of methoxy groups -OCH3 is 2. The molecule has 0 amide bonds. The van der Waals surface area contributed by atoms with Crippen LogP contribution in [0, 0.1) is 11.8 Å². The van der Waals surface area contributed by atoms with E-state index < -0.39 is 29.7 Å². The molecule has 1 aromatic carbocycles. The molecule has 0 N–H and O–H groups in total. The van der Waals surface area contributed by atoms with Crippen LogP contribution in [0.3, 0.4) is 0 Å². The van der Waals surface area contributed by atoms with Gasteiger partial charge in [-0.2, -0.15) is 0 Å². The van der Waals surface area contributed by atoms with Gasteiger partial charge in [-0.1, -0.05) is 18.2 Å². The topological polar surface area (TPSA) is 100 Å². The number of carbonyl (C=O) groups is 3. The first-order valence-electron chi connectivity index (χ1n) is 9.15. The van der Waals surface area contributed by atoms with Gasteiger partial charge in [0.25, 0.3) is 0 Å². The molecule has 1 aliphatic rings. The van der Waals surface area contributed by atoms with Crippen LogP contribution in [0.25, 0.3) is 0 Å². The summed E-state index contributed by atoms with van der Waals surface area (Å²) < 4.78 is 20.6. The van der Waals surface area contributed by atoms with E-state index in [0.29, 0.717) is 29.3 Å². The molecule has 1 heterocycles. The summed E-state index contributed by atoms with van der Waals surface area (Å²) in [6.07, 6.45) is 0. The van der Waals surface area contributed by atoms with Gasteiger partial charge in [-0.3, -0.25) is 14.6 Å². The van der Waals surface area contributed by atoms with Crippen molar-refractivity contribution >= 4 is 23.6 Å². The van der Waals surface area contributed by atoms with E-state index in [1.807, 2.05) is 13.0 Å². The fourth-order valence-electron chi connectivity index (χ4n) is 3.26. The maximum Gasteiger partial charge on any atom is 0.336 e. The van der Waals surface area contributed by atoms with Crippen molar-refractivity contribution in [3.05, 3.63) is 41.1 Å². The van der Waals surface area contributed by atoms with Crippen molar-refractivity contribution in [3.63, 3.8) is 0 Å². The normalized spacial score (nSPS) is 18.6. The van der Waals surface area contributed by atoms with Crippen molar-refractivity contribution in [3.8, 4) is 5.75 Å². The van der Waals surface area contributed by atoms with Gasteiger partial charge < -0.3 is 18.9 Å². The molecule has 29 heavy (non-hydrogen) atoms. The lowest BCUT2D eigenvalue weighted by Gasteiger charge is -2.29. The first kappa shape index (κ1) is 22.1. The van der Waals surface area contributed by atoms with Crippen LogP contribution in [-0.4, -0.2) is 44.4 Å². The molecule has 0 bridgehead atoms. The Morgan fingerprint density at radius 3 is 2.31 bits per heavy atom. The van der Waals surface area contributed by atoms with Gasteiger partial charge in [0.05, 0.1) is 26.4 Å². The molecule has 0 radical (unpaired) electrons. The maximum absolute atomic E-state index is 13.0. The van der Waals surface area contributed by atoms with Crippen LogP contribution in [0.1, 0.15) is 26.3 Å². The molecule has 1 aromatic rings. The second-order valence-electron chi connectivity index (χ2n) is 6.37. The minimum absolute atomic E-state index is 0.0170. The summed E-state index contributed by atoms with van der Waals surface area (Å²) in [5.41, 5.74) is 1.31. The molecule has 0 aliphatic carbocycles. The summed E-state index contributed by atoms with van der Waals surface area (Å²) in [4.78, 5) is 42.0. The number of para-hydroxylation sites is 1. The Morgan fingerprint density at radius 1 is 1.00 bits per heavy atom. The zero-order valence-corrected chi connectivity index (χ0v) is 17.2. The number of carbonyl (C=O) groups excluding carboxylic acids is 3. The quantitative estimate of drug-likeness (QED) is 0.509. The predicted octanol–water partition coefficient (Wildman–Crippen LogP) is 2.46. The second kappa shape index (κ2) is 9.86. The molecule has 0 spiro atoms. The zero-order chi connectivity index (χ0) is 21.6. The van der Waals surface area contributed by atoms with Crippen molar-refractivity contribution < 1.29 is 33.3 Å². The van der Waals surface area contributed by atoms with Crippen molar-refractivity contribution in [2.75, 3.05) is 20.8 Å². The second-order valence-corrected chi connectivity index (χ2v) is 6.37.